The van der Waals surface area contributed by atoms with Crippen LogP contribution in [0.4, 0.5) is 9.59 Å². The standard InChI is InChI=1S/C23H28N4O5/c1-13(16-11-14-6-7-15(16)10-14)24-21(30)25-19(28)12-27-20(29)23(26-22(27)31)8-9-32-18-5-3-2-4-17(18)23/h2-5,13-16H,6-12H2,1H3,(H,26,31)(H2,24,25,28,30). The van der Waals surface area contributed by atoms with Crippen LogP contribution in [0.15, 0.2) is 24.3 Å². The lowest BCUT2D eigenvalue weighted by Crippen LogP contribution is -2.50. The molecule has 1 aromatic rings. The van der Waals surface area contributed by atoms with Gasteiger partial charge in [-0.15, -0.1) is 0 Å². The van der Waals surface area contributed by atoms with Gasteiger partial charge in [0.25, 0.3) is 5.91 Å². The maximum atomic E-state index is 13.2. The first-order chi connectivity index (χ1) is 15.4. The van der Waals surface area contributed by atoms with Gasteiger partial charge in [0.2, 0.25) is 5.91 Å². The molecule has 6 amide bonds. The fourth-order valence-corrected chi connectivity index (χ4v) is 6.08. The molecule has 0 radical (unpaired) electrons. The average molecular weight is 441 g/mol. The largest absolute Gasteiger partial charge is 0.493 e. The first-order valence-electron chi connectivity index (χ1n) is 11.3. The van der Waals surface area contributed by atoms with E-state index in [2.05, 4.69) is 16.0 Å². The van der Waals surface area contributed by atoms with Crippen molar-refractivity contribution >= 4 is 23.9 Å². The van der Waals surface area contributed by atoms with Gasteiger partial charge >= 0.3 is 12.1 Å². The molecule has 9 heteroatoms. The van der Waals surface area contributed by atoms with Crippen LogP contribution in [-0.2, 0) is 15.1 Å². The van der Waals surface area contributed by atoms with Gasteiger partial charge in [-0.3, -0.25) is 19.8 Å². The van der Waals surface area contributed by atoms with Crippen LogP contribution in [0.1, 0.15) is 44.6 Å². The van der Waals surface area contributed by atoms with E-state index in [0.717, 1.165) is 17.2 Å². The van der Waals surface area contributed by atoms with Gasteiger partial charge in [0, 0.05) is 18.0 Å². The molecule has 1 aromatic carbocycles. The molecular weight excluding hydrogens is 412 g/mol. The molecule has 3 fully saturated rings. The third kappa shape index (κ3) is 3.40. The van der Waals surface area contributed by atoms with Crippen molar-refractivity contribution in [3.63, 3.8) is 0 Å². The lowest BCUT2D eigenvalue weighted by molar-refractivity contribution is -0.135. The molecule has 1 saturated heterocycles. The highest BCUT2D eigenvalue weighted by atomic mass is 16.5. The molecule has 170 valence electrons. The van der Waals surface area contributed by atoms with Gasteiger partial charge in [0.05, 0.1) is 6.61 Å². The second-order valence-corrected chi connectivity index (χ2v) is 9.47. The van der Waals surface area contributed by atoms with Crippen LogP contribution < -0.4 is 20.7 Å². The lowest BCUT2D eigenvalue weighted by atomic mass is 9.84. The molecule has 0 aromatic heterocycles. The second kappa shape index (κ2) is 7.79. The third-order valence-electron chi connectivity index (χ3n) is 7.61. The molecule has 2 aliphatic carbocycles. The summed E-state index contributed by atoms with van der Waals surface area (Å²) >= 11 is 0. The van der Waals surface area contributed by atoms with Crippen LogP contribution in [0.5, 0.6) is 5.75 Å². The Balaban J connectivity index is 1.20. The van der Waals surface area contributed by atoms with E-state index in [1.165, 1.54) is 19.3 Å². The van der Waals surface area contributed by atoms with Crippen molar-refractivity contribution in [2.24, 2.45) is 17.8 Å². The van der Waals surface area contributed by atoms with Crippen LogP contribution in [-0.4, -0.2) is 48.0 Å². The summed E-state index contributed by atoms with van der Waals surface area (Å²) in [4.78, 5) is 51.5. The summed E-state index contributed by atoms with van der Waals surface area (Å²) in [5, 5.41) is 7.88. The number of carbonyl (C=O) groups excluding carboxylic acids is 4. The number of fused-ring (bicyclic) bond motifs is 4. The van der Waals surface area contributed by atoms with Crippen LogP contribution >= 0.6 is 0 Å². The quantitative estimate of drug-likeness (QED) is 0.618. The van der Waals surface area contributed by atoms with Gasteiger partial charge in [0.15, 0.2) is 5.54 Å². The highest BCUT2D eigenvalue weighted by Crippen LogP contribution is 2.49. The van der Waals surface area contributed by atoms with Gasteiger partial charge in [-0.1, -0.05) is 24.6 Å². The van der Waals surface area contributed by atoms with Crippen LogP contribution in [0, 0.1) is 17.8 Å². The number of rotatable bonds is 4. The molecule has 2 saturated carbocycles. The van der Waals surface area contributed by atoms with E-state index < -0.39 is 36.0 Å². The number of para-hydroxylation sites is 1. The molecule has 1 spiro atoms. The van der Waals surface area contributed by atoms with Crippen molar-refractivity contribution < 1.29 is 23.9 Å². The van der Waals surface area contributed by atoms with Gasteiger partial charge < -0.3 is 15.4 Å². The van der Waals surface area contributed by atoms with Gasteiger partial charge in [-0.05, 0) is 50.0 Å². The van der Waals surface area contributed by atoms with E-state index in [9.17, 15) is 19.2 Å². The minimum absolute atomic E-state index is 0.0307. The topological polar surface area (TPSA) is 117 Å². The van der Waals surface area contributed by atoms with Crippen LogP contribution in [0.3, 0.4) is 0 Å². The Bertz CT molecular complexity index is 981. The Kier molecular flexibility index (Phi) is 5.06. The van der Waals surface area contributed by atoms with Crippen molar-refractivity contribution in [1.29, 1.82) is 0 Å². The number of ether oxygens (including phenoxy) is 1. The van der Waals surface area contributed by atoms with Crippen LogP contribution in [0.25, 0.3) is 0 Å². The molecule has 2 heterocycles. The third-order valence-corrected chi connectivity index (χ3v) is 7.61. The molecule has 5 unspecified atom stereocenters. The lowest BCUT2D eigenvalue weighted by Gasteiger charge is -2.33. The van der Waals surface area contributed by atoms with Crippen LogP contribution in [0.2, 0.25) is 0 Å². The number of hydrogen-bond acceptors (Lipinski definition) is 5. The summed E-state index contributed by atoms with van der Waals surface area (Å²) in [6.45, 7) is 1.72. The SMILES string of the molecule is CC(NC(=O)NC(=O)CN1C(=O)NC2(CCOc3ccccc32)C1=O)C1CC2CCC1C2. The average Bonchev–Trinajstić information content (AvgIpc) is 3.45. The van der Waals surface area contributed by atoms with Gasteiger partial charge in [-0.25, -0.2) is 9.59 Å². The Labute approximate surface area is 186 Å². The monoisotopic (exact) mass is 440 g/mol. The smallest absolute Gasteiger partial charge is 0.325 e. The fourth-order valence-electron chi connectivity index (χ4n) is 6.08. The van der Waals surface area contributed by atoms with Crippen molar-refractivity contribution in [2.75, 3.05) is 13.2 Å². The summed E-state index contributed by atoms with van der Waals surface area (Å²) < 4.78 is 5.61. The highest BCUT2D eigenvalue weighted by Gasteiger charge is 2.55. The number of nitrogens with zero attached hydrogens (tertiary/aromatic N) is 1. The molecule has 2 bridgehead atoms. The molecular formula is C23H28N4O5. The molecule has 5 rings (SSSR count). The second-order valence-electron chi connectivity index (χ2n) is 9.47. The molecule has 9 nitrogen and oxygen atoms in total. The van der Waals surface area contributed by atoms with Crippen molar-refractivity contribution in [1.82, 2.24) is 20.9 Å². The van der Waals surface area contributed by atoms with E-state index in [4.69, 9.17) is 4.74 Å². The minimum Gasteiger partial charge on any atom is -0.493 e. The predicted octanol–water partition coefficient (Wildman–Crippen LogP) is 1.87. The number of hydrogen-bond donors (Lipinski definition) is 3. The summed E-state index contributed by atoms with van der Waals surface area (Å²) in [5.74, 6) is 1.17. The Morgan fingerprint density at radius 1 is 1.25 bits per heavy atom. The molecule has 4 aliphatic rings. The Morgan fingerprint density at radius 2 is 2.06 bits per heavy atom. The normalized spacial score (nSPS) is 31.2. The number of amides is 6. The van der Waals surface area contributed by atoms with E-state index in [1.54, 1.807) is 24.3 Å². The zero-order valence-corrected chi connectivity index (χ0v) is 18.1. The van der Waals surface area contributed by atoms with Gasteiger partial charge in [-0.2, -0.15) is 0 Å². The Morgan fingerprint density at radius 3 is 2.81 bits per heavy atom. The summed E-state index contributed by atoms with van der Waals surface area (Å²) in [7, 11) is 0. The number of imide groups is 2. The first-order valence-corrected chi connectivity index (χ1v) is 11.3. The maximum absolute atomic E-state index is 13.2. The van der Waals surface area contributed by atoms with E-state index in [-0.39, 0.29) is 19.1 Å². The maximum Gasteiger partial charge on any atom is 0.325 e. The molecule has 32 heavy (non-hydrogen) atoms. The number of carbonyl (C=O) groups is 4. The number of nitrogens with one attached hydrogen (secondary N) is 3. The van der Waals surface area contributed by atoms with E-state index >= 15 is 0 Å². The summed E-state index contributed by atoms with van der Waals surface area (Å²) in [5.41, 5.74) is -0.671. The number of benzene rings is 1. The molecule has 2 aliphatic heterocycles. The van der Waals surface area contributed by atoms with E-state index in [1.807, 2.05) is 6.92 Å². The van der Waals surface area contributed by atoms with Crippen molar-refractivity contribution in [2.45, 2.75) is 50.6 Å². The fraction of sp³-hybridized carbons (Fsp3) is 0.565. The zero-order valence-electron chi connectivity index (χ0n) is 18.1. The van der Waals surface area contributed by atoms with Crippen molar-refractivity contribution in [3.8, 4) is 5.75 Å². The summed E-state index contributed by atoms with van der Waals surface area (Å²) in [6.07, 6.45) is 5.12. The van der Waals surface area contributed by atoms with Crippen molar-refractivity contribution in [3.05, 3.63) is 29.8 Å². The highest BCUT2D eigenvalue weighted by molar-refractivity contribution is 6.10. The summed E-state index contributed by atoms with van der Waals surface area (Å²) in [6, 6.07) is 5.76. The molecule has 5 atom stereocenters. The minimum atomic E-state index is -1.25. The first kappa shape index (κ1) is 20.8. The van der Waals surface area contributed by atoms with Gasteiger partial charge in [0.1, 0.15) is 12.3 Å². The predicted molar refractivity (Wildman–Crippen MR) is 114 cm³/mol. The number of urea groups is 2. The molecule has 3 N–H and O–H groups in total. The van der Waals surface area contributed by atoms with E-state index in [0.29, 0.717) is 23.1 Å². The zero-order chi connectivity index (χ0) is 22.5. The Hall–Kier alpha value is -3.10.